The number of hydrogen-bond acceptors (Lipinski definition) is 4. The SMILES string of the molecule is O=C(Cc1ccccc1)NC(Cc1coc2ccccc12)B(O)O. The third-order valence-corrected chi connectivity index (χ3v) is 3.91. The lowest BCUT2D eigenvalue weighted by Gasteiger charge is -2.17. The molecule has 3 rings (SSSR count). The van der Waals surface area contributed by atoms with Crippen LogP contribution in [0.15, 0.2) is 65.3 Å². The maximum atomic E-state index is 12.2. The molecule has 0 aliphatic carbocycles. The maximum absolute atomic E-state index is 12.2. The lowest BCUT2D eigenvalue weighted by atomic mass is 9.75. The molecule has 0 saturated heterocycles. The Balaban J connectivity index is 1.70. The molecule has 3 aromatic rings. The van der Waals surface area contributed by atoms with Crippen LogP contribution in [-0.4, -0.2) is 29.0 Å². The quantitative estimate of drug-likeness (QED) is 0.603. The van der Waals surface area contributed by atoms with Crippen LogP contribution >= 0.6 is 0 Å². The van der Waals surface area contributed by atoms with Gasteiger partial charge in [0, 0.05) is 5.39 Å². The molecular formula is C18H18BNO4. The van der Waals surface area contributed by atoms with Crippen LogP contribution in [-0.2, 0) is 17.6 Å². The molecule has 0 fully saturated rings. The molecule has 5 nitrogen and oxygen atoms in total. The molecule has 3 N–H and O–H groups in total. The molecule has 1 amide bonds. The topological polar surface area (TPSA) is 82.7 Å². The Labute approximate surface area is 140 Å². The van der Waals surface area contributed by atoms with Gasteiger partial charge in [-0.05, 0) is 23.6 Å². The Morgan fingerprint density at radius 3 is 2.54 bits per heavy atom. The summed E-state index contributed by atoms with van der Waals surface area (Å²) in [6.07, 6.45) is 2.05. The zero-order valence-corrected chi connectivity index (χ0v) is 13.1. The zero-order chi connectivity index (χ0) is 16.9. The van der Waals surface area contributed by atoms with Crippen LogP contribution in [0.25, 0.3) is 11.0 Å². The van der Waals surface area contributed by atoms with Crippen molar-refractivity contribution in [2.24, 2.45) is 0 Å². The van der Waals surface area contributed by atoms with Gasteiger partial charge in [0.25, 0.3) is 0 Å². The van der Waals surface area contributed by atoms with E-state index in [9.17, 15) is 14.8 Å². The monoisotopic (exact) mass is 323 g/mol. The second-order valence-corrected chi connectivity index (χ2v) is 5.71. The number of amides is 1. The first-order valence-electron chi connectivity index (χ1n) is 7.78. The Morgan fingerprint density at radius 2 is 1.79 bits per heavy atom. The normalized spacial score (nSPS) is 12.1. The Morgan fingerprint density at radius 1 is 1.08 bits per heavy atom. The molecule has 1 heterocycles. The predicted molar refractivity (Wildman–Crippen MR) is 92.2 cm³/mol. The summed E-state index contributed by atoms with van der Waals surface area (Å²) in [5.74, 6) is -1.06. The number of rotatable bonds is 6. The van der Waals surface area contributed by atoms with Crippen molar-refractivity contribution in [3.05, 3.63) is 72.0 Å². The first-order chi connectivity index (χ1) is 11.6. The lowest BCUT2D eigenvalue weighted by Crippen LogP contribution is -2.48. The Bertz CT molecular complexity index is 816. The summed E-state index contributed by atoms with van der Waals surface area (Å²) in [6.45, 7) is 0. The van der Waals surface area contributed by atoms with Gasteiger partial charge in [0.1, 0.15) is 5.58 Å². The highest BCUT2D eigenvalue weighted by molar-refractivity contribution is 6.43. The fourth-order valence-corrected chi connectivity index (χ4v) is 2.70. The fraction of sp³-hybridized carbons (Fsp3) is 0.167. The molecule has 0 spiro atoms. The van der Waals surface area contributed by atoms with Crippen molar-refractivity contribution < 1.29 is 19.3 Å². The predicted octanol–water partition coefficient (Wildman–Crippen LogP) is 1.71. The van der Waals surface area contributed by atoms with Crippen LogP contribution in [0.5, 0.6) is 0 Å². The summed E-state index contributed by atoms with van der Waals surface area (Å²) in [5, 5.41) is 22.8. The van der Waals surface area contributed by atoms with E-state index >= 15 is 0 Å². The van der Waals surface area contributed by atoms with Gasteiger partial charge >= 0.3 is 7.12 Å². The van der Waals surface area contributed by atoms with E-state index in [1.54, 1.807) is 6.26 Å². The minimum Gasteiger partial charge on any atom is -0.464 e. The summed E-state index contributed by atoms with van der Waals surface area (Å²) in [7, 11) is -1.65. The van der Waals surface area contributed by atoms with Gasteiger partial charge in [-0.25, -0.2) is 0 Å². The molecule has 1 aromatic heterocycles. The van der Waals surface area contributed by atoms with E-state index < -0.39 is 13.1 Å². The second-order valence-electron chi connectivity index (χ2n) is 5.71. The third kappa shape index (κ3) is 3.85. The van der Waals surface area contributed by atoms with Gasteiger partial charge in [-0.15, -0.1) is 0 Å². The van der Waals surface area contributed by atoms with Gasteiger partial charge < -0.3 is 19.8 Å². The van der Waals surface area contributed by atoms with Crippen LogP contribution in [0.3, 0.4) is 0 Å². The minimum absolute atomic E-state index is 0.191. The minimum atomic E-state index is -1.65. The van der Waals surface area contributed by atoms with E-state index in [1.165, 1.54) is 0 Å². The number of hydrogen-bond donors (Lipinski definition) is 3. The number of fused-ring (bicyclic) bond motifs is 1. The second kappa shape index (κ2) is 7.34. The highest BCUT2D eigenvalue weighted by atomic mass is 16.4. The maximum Gasteiger partial charge on any atom is 0.475 e. The van der Waals surface area contributed by atoms with Crippen LogP contribution in [0.1, 0.15) is 11.1 Å². The summed E-state index contributed by atoms with van der Waals surface area (Å²) in [5.41, 5.74) is 2.42. The van der Waals surface area contributed by atoms with Crippen molar-refractivity contribution in [1.82, 2.24) is 5.32 Å². The lowest BCUT2D eigenvalue weighted by molar-refractivity contribution is -0.120. The van der Waals surface area contributed by atoms with Crippen LogP contribution in [0.2, 0.25) is 0 Å². The number of carbonyl (C=O) groups excluding carboxylic acids is 1. The van der Waals surface area contributed by atoms with Crippen molar-refractivity contribution >= 4 is 24.0 Å². The zero-order valence-electron chi connectivity index (χ0n) is 13.1. The van der Waals surface area contributed by atoms with Gasteiger partial charge in [0.2, 0.25) is 5.91 Å². The van der Waals surface area contributed by atoms with E-state index in [1.807, 2.05) is 54.6 Å². The Hall–Kier alpha value is -2.57. The van der Waals surface area contributed by atoms with E-state index in [-0.39, 0.29) is 18.7 Å². The van der Waals surface area contributed by atoms with E-state index in [0.717, 1.165) is 22.1 Å². The van der Waals surface area contributed by atoms with E-state index in [2.05, 4.69) is 5.32 Å². The average Bonchev–Trinajstić information content (AvgIpc) is 2.98. The molecular weight excluding hydrogens is 305 g/mol. The molecule has 2 aromatic carbocycles. The molecule has 24 heavy (non-hydrogen) atoms. The average molecular weight is 323 g/mol. The van der Waals surface area contributed by atoms with Gasteiger partial charge in [-0.3, -0.25) is 4.79 Å². The first kappa shape index (κ1) is 16.3. The van der Waals surface area contributed by atoms with Gasteiger partial charge in [0.05, 0.1) is 18.6 Å². The summed E-state index contributed by atoms with van der Waals surface area (Å²) in [4.78, 5) is 12.2. The van der Waals surface area contributed by atoms with Crippen LogP contribution in [0, 0.1) is 0 Å². The molecule has 0 saturated carbocycles. The number of para-hydroxylation sites is 1. The molecule has 0 bridgehead atoms. The van der Waals surface area contributed by atoms with Crippen molar-refractivity contribution in [1.29, 1.82) is 0 Å². The third-order valence-electron chi connectivity index (χ3n) is 3.91. The number of nitrogens with one attached hydrogen (secondary N) is 1. The Kier molecular flexibility index (Phi) is 4.98. The first-order valence-corrected chi connectivity index (χ1v) is 7.78. The number of carbonyl (C=O) groups is 1. The van der Waals surface area contributed by atoms with Gasteiger partial charge in [-0.1, -0.05) is 48.5 Å². The smallest absolute Gasteiger partial charge is 0.464 e. The molecule has 6 heteroatoms. The fourth-order valence-electron chi connectivity index (χ4n) is 2.70. The number of furan rings is 1. The van der Waals surface area contributed by atoms with Crippen molar-refractivity contribution in [3.8, 4) is 0 Å². The van der Waals surface area contributed by atoms with Crippen molar-refractivity contribution in [3.63, 3.8) is 0 Å². The number of benzene rings is 2. The van der Waals surface area contributed by atoms with Crippen LogP contribution in [0.4, 0.5) is 0 Å². The molecule has 122 valence electrons. The summed E-state index contributed by atoms with van der Waals surface area (Å²) < 4.78 is 5.45. The highest BCUT2D eigenvalue weighted by Gasteiger charge is 2.26. The largest absolute Gasteiger partial charge is 0.475 e. The molecule has 1 unspecified atom stereocenters. The van der Waals surface area contributed by atoms with Gasteiger partial charge in [0.15, 0.2) is 0 Å². The highest BCUT2D eigenvalue weighted by Crippen LogP contribution is 2.22. The van der Waals surface area contributed by atoms with Crippen molar-refractivity contribution in [2.45, 2.75) is 18.8 Å². The van der Waals surface area contributed by atoms with E-state index in [4.69, 9.17) is 4.42 Å². The standard InChI is InChI=1S/C18H18BNO4/c21-18(10-13-6-2-1-3-7-13)20-17(19(22)23)11-14-12-24-16-9-5-4-8-15(14)16/h1-9,12,17,22-23H,10-11H2,(H,20,21). The molecule has 0 radical (unpaired) electrons. The van der Waals surface area contributed by atoms with Gasteiger partial charge in [-0.2, -0.15) is 0 Å². The summed E-state index contributed by atoms with van der Waals surface area (Å²) in [6, 6.07) is 16.8. The van der Waals surface area contributed by atoms with Crippen LogP contribution < -0.4 is 5.32 Å². The molecule has 0 aliphatic rings. The van der Waals surface area contributed by atoms with E-state index in [0.29, 0.717) is 0 Å². The molecule has 1 atom stereocenters. The molecule has 0 aliphatic heterocycles. The summed E-state index contributed by atoms with van der Waals surface area (Å²) >= 11 is 0. The van der Waals surface area contributed by atoms with Crippen molar-refractivity contribution in [2.75, 3.05) is 0 Å².